The highest BCUT2D eigenvalue weighted by Gasteiger charge is 2.12. The van der Waals surface area contributed by atoms with Crippen molar-refractivity contribution in [2.24, 2.45) is 0 Å². The summed E-state index contributed by atoms with van der Waals surface area (Å²) in [7, 11) is 0. The van der Waals surface area contributed by atoms with E-state index in [1.54, 1.807) is 0 Å². The highest BCUT2D eigenvalue weighted by Crippen LogP contribution is 2.02. The van der Waals surface area contributed by atoms with Gasteiger partial charge in [-0.05, 0) is 19.4 Å². The van der Waals surface area contributed by atoms with Crippen LogP contribution < -0.4 is 10.6 Å². The Morgan fingerprint density at radius 1 is 1.60 bits per heavy atom. The SMILES string of the molecule is FCCNCC1CCCN1. The van der Waals surface area contributed by atoms with Crippen molar-refractivity contribution in [1.82, 2.24) is 10.6 Å². The number of alkyl halides is 1. The van der Waals surface area contributed by atoms with Gasteiger partial charge < -0.3 is 10.6 Å². The first-order chi connectivity index (χ1) is 4.93. The summed E-state index contributed by atoms with van der Waals surface area (Å²) in [6, 6.07) is 0.589. The molecule has 1 fully saturated rings. The Balaban J connectivity index is 1.91. The van der Waals surface area contributed by atoms with E-state index in [2.05, 4.69) is 10.6 Å². The van der Waals surface area contributed by atoms with Crippen LogP contribution in [0.5, 0.6) is 0 Å². The fraction of sp³-hybridized carbons (Fsp3) is 1.00. The fourth-order valence-electron chi connectivity index (χ4n) is 1.27. The summed E-state index contributed by atoms with van der Waals surface area (Å²) in [6.07, 6.45) is 2.50. The largest absolute Gasteiger partial charge is 0.313 e. The van der Waals surface area contributed by atoms with Gasteiger partial charge in [-0.25, -0.2) is 4.39 Å². The maximum atomic E-state index is 11.6. The van der Waals surface area contributed by atoms with Gasteiger partial charge in [0.25, 0.3) is 0 Å². The highest BCUT2D eigenvalue weighted by molar-refractivity contribution is 4.75. The lowest BCUT2D eigenvalue weighted by Crippen LogP contribution is -2.34. The van der Waals surface area contributed by atoms with Gasteiger partial charge in [-0.2, -0.15) is 0 Å². The first kappa shape index (κ1) is 7.95. The molecule has 0 aromatic heterocycles. The average molecular weight is 146 g/mol. The van der Waals surface area contributed by atoms with Gasteiger partial charge in [0.15, 0.2) is 0 Å². The topological polar surface area (TPSA) is 24.1 Å². The van der Waals surface area contributed by atoms with Gasteiger partial charge in [0.1, 0.15) is 6.67 Å². The molecule has 0 radical (unpaired) electrons. The number of halogens is 1. The average Bonchev–Trinajstić information content (AvgIpc) is 2.41. The van der Waals surface area contributed by atoms with Gasteiger partial charge in [0.05, 0.1) is 0 Å². The predicted octanol–water partition coefficient (Wildman–Crippen LogP) is 0.297. The van der Waals surface area contributed by atoms with Gasteiger partial charge in [0.2, 0.25) is 0 Å². The van der Waals surface area contributed by atoms with Crippen LogP contribution >= 0.6 is 0 Å². The van der Waals surface area contributed by atoms with Crippen LogP contribution in [0.2, 0.25) is 0 Å². The van der Waals surface area contributed by atoms with E-state index in [1.165, 1.54) is 12.8 Å². The Morgan fingerprint density at radius 2 is 2.50 bits per heavy atom. The van der Waals surface area contributed by atoms with Crippen LogP contribution in [0.1, 0.15) is 12.8 Å². The quantitative estimate of drug-likeness (QED) is 0.557. The van der Waals surface area contributed by atoms with Crippen molar-refractivity contribution in [3.8, 4) is 0 Å². The smallest absolute Gasteiger partial charge is 0.102 e. The van der Waals surface area contributed by atoms with Crippen LogP contribution in [0.4, 0.5) is 4.39 Å². The maximum absolute atomic E-state index is 11.6. The molecule has 1 saturated heterocycles. The molecule has 2 nitrogen and oxygen atoms in total. The van der Waals surface area contributed by atoms with E-state index in [0.717, 1.165) is 13.1 Å². The molecule has 0 bridgehead atoms. The first-order valence-electron chi connectivity index (χ1n) is 3.93. The minimum Gasteiger partial charge on any atom is -0.313 e. The lowest BCUT2D eigenvalue weighted by Gasteiger charge is -2.09. The molecule has 2 N–H and O–H groups in total. The highest BCUT2D eigenvalue weighted by atomic mass is 19.1. The van der Waals surface area contributed by atoms with E-state index >= 15 is 0 Å². The molecule has 0 amide bonds. The maximum Gasteiger partial charge on any atom is 0.102 e. The molecule has 1 atom stereocenters. The van der Waals surface area contributed by atoms with E-state index in [4.69, 9.17) is 0 Å². The summed E-state index contributed by atoms with van der Waals surface area (Å²) in [5.41, 5.74) is 0. The third kappa shape index (κ3) is 2.62. The van der Waals surface area contributed by atoms with E-state index < -0.39 is 0 Å². The van der Waals surface area contributed by atoms with Gasteiger partial charge in [-0.3, -0.25) is 0 Å². The number of hydrogen-bond acceptors (Lipinski definition) is 2. The molecule has 10 heavy (non-hydrogen) atoms. The molecule has 1 heterocycles. The summed E-state index contributed by atoms with van der Waals surface area (Å²) in [5.74, 6) is 0. The Labute approximate surface area is 61.2 Å². The minimum absolute atomic E-state index is 0.257. The van der Waals surface area contributed by atoms with E-state index in [1.807, 2.05) is 0 Å². The first-order valence-corrected chi connectivity index (χ1v) is 3.93. The monoisotopic (exact) mass is 146 g/mol. The molecule has 60 valence electrons. The third-order valence-electron chi connectivity index (χ3n) is 1.82. The summed E-state index contributed by atoms with van der Waals surface area (Å²) in [6.45, 7) is 2.29. The van der Waals surface area contributed by atoms with Crippen molar-refractivity contribution >= 4 is 0 Å². The van der Waals surface area contributed by atoms with Crippen LogP contribution in [-0.2, 0) is 0 Å². The molecule has 1 unspecified atom stereocenters. The Morgan fingerprint density at radius 3 is 3.10 bits per heavy atom. The third-order valence-corrected chi connectivity index (χ3v) is 1.82. The van der Waals surface area contributed by atoms with Crippen molar-refractivity contribution in [2.75, 3.05) is 26.3 Å². The summed E-state index contributed by atoms with van der Waals surface area (Å²) in [4.78, 5) is 0. The number of nitrogens with one attached hydrogen (secondary N) is 2. The van der Waals surface area contributed by atoms with Crippen molar-refractivity contribution in [1.29, 1.82) is 0 Å². The Hall–Kier alpha value is -0.150. The molecule has 0 aliphatic carbocycles. The molecule has 0 spiro atoms. The Kier molecular flexibility index (Phi) is 3.68. The molecule has 0 saturated carbocycles. The predicted molar refractivity (Wildman–Crippen MR) is 39.9 cm³/mol. The van der Waals surface area contributed by atoms with Gasteiger partial charge >= 0.3 is 0 Å². The lowest BCUT2D eigenvalue weighted by atomic mass is 10.2. The summed E-state index contributed by atoms with van der Waals surface area (Å²) in [5, 5.41) is 6.37. The van der Waals surface area contributed by atoms with Gasteiger partial charge in [-0.1, -0.05) is 0 Å². The summed E-state index contributed by atoms with van der Waals surface area (Å²) < 4.78 is 11.6. The van der Waals surface area contributed by atoms with Crippen molar-refractivity contribution < 1.29 is 4.39 Å². The van der Waals surface area contributed by atoms with Crippen LogP contribution in [-0.4, -0.2) is 32.4 Å². The zero-order valence-corrected chi connectivity index (χ0v) is 6.20. The van der Waals surface area contributed by atoms with Crippen molar-refractivity contribution in [3.63, 3.8) is 0 Å². The van der Waals surface area contributed by atoms with E-state index in [0.29, 0.717) is 12.6 Å². The zero-order chi connectivity index (χ0) is 7.23. The van der Waals surface area contributed by atoms with Gasteiger partial charge in [0, 0.05) is 19.1 Å². The molecule has 0 aromatic rings. The number of hydrogen-bond donors (Lipinski definition) is 2. The zero-order valence-electron chi connectivity index (χ0n) is 6.20. The molecule has 1 rings (SSSR count). The van der Waals surface area contributed by atoms with Crippen molar-refractivity contribution in [2.45, 2.75) is 18.9 Å². The Bertz CT molecular complexity index is 81.7. The second-order valence-electron chi connectivity index (χ2n) is 2.69. The molecule has 1 aliphatic heterocycles. The molecule has 1 aliphatic rings. The van der Waals surface area contributed by atoms with Crippen LogP contribution in [0.3, 0.4) is 0 Å². The summed E-state index contributed by atoms with van der Waals surface area (Å²) >= 11 is 0. The van der Waals surface area contributed by atoms with E-state index in [-0.39, 0.29) is 6.67 Å². The molecule has 3 heteroatoms. The van der Waals surface area contributed by atoms with Gasteiger partial charge in [-0.15, -0.1) is 0 Å². The second-order valence-corrected chi connectivity index (χ2v) is 2.69. The van der Waals surface area contributed by atoms with Crippen LogP contribution in [0, 0.1) is 0 Å². The normalized spacial score (nSPS) is 25.5. The fourth-order valence-corrected chi connectivity index (χ4v) is 1.27. The molecular weight excluding hydrogens is 131 g/mol. The lowest BCUT2D eigenvalue weighted by molar-refractivity contribution is 0.448. The number of rotatable bonds is 4. The minimum atomic E-state index is -0.257. The van der Waals surface area contributed by atoms with E-state index in [9.17, 15) is 4.39 Å². The molecular formula is C7H15FN2. The molecule has 0 aromatic carbocycles. The standard InChI is InChI=1S/C7H15FN2/c8-3-5-9-6-7-2-1-4-10-7/h7,9-10H,1-6H2. The second kappa shape index (κ2) is 4.63. The van der Waals surface area contributed by atoms with Crippen LogP contribution in [0.15, 0.2) is 0 Å². The van der Waals surface area contributed by atoms with Crippen molar-refractivity contribution in [3.05, 3.63) is 0 Å². The van der Waals surface area contributed by atoms with Crippen LogP contribution in [0.25, 0.3) is 0 Å².